The smallest absolute Gasteiger partial charge is 0.0794 e. The van der Waals surface area contributed by atoms with E-state index in [4.69, 9.17) is 0 Å². The predicted molar refractivity (Wildman–Crippen MR) is 62.0 cm³/mol. The molecule has 0 bridgehead atoms. The molecule has 0 saturated carbocycles. The van der Waals surface area contributed by atoms with Gasteiger partial charge in [0.05, 0.1) is 11.8 Å². The quantitative estimate of drug-likeness (QED) is 0.790. The lowest BCUT2D eigenvalue weighted by Gasteiger charge is -2.40. The molecule has 1 N–H and O–H groups in total. The van der Waals surface area contributed by atoms with Gasteiger partial charge in [0.2, 0.25) is 0 Å². The van der Waals surface area contributed by atoms with Gasteiger partial charge in [-0.25, -0.2) is 0 Å². The molecule has 1 aliphatic heterocycles. The fourth-order valence-corrected chi connectivity index (χ4v) is 2.11. The lowest BCUT2D eigenvalue weighted by Crippen LogP contribution is -2.51. The van der Waals surface area contributed by atoms with E-state index in [0.717, 1.165) is 18.8 Å². The number of aromatic nitrogens is 1. The van der Waals surface area contributed by atoms with E-state index in [2.05, 4.69) is 28.9 Å². The number of thioether (sulfide) groups is 1. The standard InChI is InChI=1S/C11H16N2OS/c1-8(13-6-9(14)7-13)11-4-3-10(15-2)5-12-11/h3-5,8-9,14H,6-7H2,1-2H3. The molecule has 1 aromatic heterocycles. The monoisotopic (exact) mass is 224 g/mol. The Morgan fingerprint density at radius 3 is 2.73 bits per heavy atom. The molecular formula is C11H16N2OS. The minimum absolute atomic E-state index is 0.141. The second-order valence-electron chi connectivity index (χ2n) is 3.91. The molecule has 0 aliphatic carbocycles. The maximum absolute atomic E-state index is 9.23. The van der Waals surface area contributed by atoms with Gasteiger partial charge < -0.3 is 5.11 Å². The highest BCUT2D eigenvalue weighted by atomic mass is 32.2. The number of aliphatic hydroxyl groups excluding tert-OH is 1. The Hall–Kier alpha value is -0.580. The van der Waals surface area contributed by atoms with Crippen molar-refractivity contribution in [2.24, 2.45) is 0 Å². The highest BCUT2D eigenvalue weighted by molar-refractivity contribution is 7.98. The lowest BCUT2D eigenvalue weighted by molar-refractivity contribution is -0.0220. The van der Waals surface area contributed by atoms with Crippen LogP contribution in [0.1, 0.15) is 18.7 Å². The third-order valence-corrected chi connectivity index (χ3v) is 3.57. The van der Waals surface area contributed by atoms with Gasteiger partial charge in [-0.1, -0.05) is 0 Å². The number of pyridine rings is 1. The van der Waals surface area contributed by atoms with Crippen molar-refractivity contribution >= 4 is 11.8 Å². The Balaban J connectivity index is 2.02. The van der Waals surface area contributed by atoms with Crippen LogP contribution in [0.4, 0.5) is 0 Å². The van der Waals surface area contributed by atoms with Crippen LogP contribution in [0.3, 0.4) is 0 Å². The first kappa shape index (κ1) is 10.9. The molecule has 1 atom stereocenters. The number of β-amino-alcohol motifs (C(OH)–C–C–N with tert-alkyl or cyclic N) is 1. The number of hydrogen-bond donors (Lipinski definition) is 1. The number of likely N-dealkylation sites (tertiary alicyclic amines) is 1. The summed E-state index contributed by atoms with van der Waals surface area (Å²) in [6, 6.07) is 4.48. The van der Waals surface area contributed by atoms with E-state index in [0.29, 0.717) is 6.04 Å². The van der Waals surface area contributed by atoms with Crippen LogP contribution in [0.2, 0.25) is 0 Å². The molecule has 1 aliphatic rings. The normalized spacial score (nSPS) is 19.9. The van der Waals surface area contributed by atoms with Crippen molar-refractivity contribution in [1.82, 2.24) is 9.88 Å². The van der Waals surface area contributed by atoms with Crippen LogP contribution in [0.15, 0.2) is 23.2 Å². The Bertz CT molecular complexity index is 322. The van der Waals surface area contributed by atoms with Gasteiger partial charge in [-0.2, -0.15) is 0 Å². The summed E-state index contributed by atoms with van der Waals surface area (Å²) in [7, 11) is 0. The van der Waals surface area contributed by atoms with E-state index >= 15 is 0 Å². The average molecular weight is 224 g/mol. The fraction of sp³-hybridized carbons (Fsp3) is 0.545. The van der Waals surface area contributed by atoms with Gasteiger partial charge in [0.1, 0.15) is 0 Å². The third kappa shape index (κ3) is 2.33. The molecule has 82 valence electrons. The zero-order valence-corrected chi connectivity index (χ0v) is 9.87. The summed E-state index contributed by atoms with van der Waals surface area (Å²) in [5, 5.41) is 9.23. The average Bonchev–Trinajstić information content (AvgIpc) is 2.24. The summed E-state index contributed by atoms with van der Waals surface area (Å²) in [5.41, 5.74) is 1.08. The zero-order chi connectivity index (χ0) is 10.8. The van der Waals surface area contributed by atoms with Crippen LogP contribution in [0, 0.1) is 0 Å². The summed E-state index contributed by atoms with van der Waals surface area (Å²) in [5.74, 6) is 0. The van der Waals surface area contributed by atoms with Crippen molar-refractivity contribution in [3.63, 3.8) is 0 Å². The molecular weight excluding hydrogens is 208 g/mol. The Labute approximate surface area is 94.5 Å². The number of nitrogens with zero attached hydrogens (tertiary/aromatic N) is 2. The van der Waals surface area contributed by atoms with Crippen molar-refractivity contribution in [2.75, 3.05) is 19.3 Å². The first-order chi connectivity index (χ1) is 7.20. The number of rotatable bonds is 3. The molecule has 0 amide bonds. The molecule has 2 rings (SSSR count). The second-order valence-corrected chi connectivity index (χ2v) is 4.79. The van der Waals surface area contributed by atoms with Crippen LogP contribution < -0.4 is 0 Å². The Morgan fingerprint density at radius 2 is 2.27 bits per heavy atom. The zero-order valence-electron chi connectivity index (χ0n) is 9.05. The maximum Gasteiger partial charge on any atom is 0.0794 e. The van der Waals surface area contributed by atoms with Crippen molar-refractivity contribution in [3.05, 3.63) is 24.0 Å². The minimum atomic E-state index is -0.141. The first-order valence-corrected chi connectivity index (χ1v) is 6.35. The van der Waals surface area contributed by atoms with Crippen molar-refractivity contribution in [3.8, 4) is 0 Å². The predicted octanol–water partition coefficient (Wildman–Crippen LogP) is 1.54. The molecule has 2 heterocycles. The van der Waals surface area contributed by atoms with Gasteiger partial charge in [-0.05, 0) is 25.3 Å². The van der Waals surface area contributed by atoms with Gasteiger partial charge in [0.15, 0.2) is 0 Å². The van der Waals surface area contributed by atoms with Gasteiger partial charge >= 0.3 is 0 Å². The largest absolute Gasteiger partial charge is 0.390 e. The molecule has 1 aromatic rings. The third-order valence-electron chi connectivity index (χ3n) is 2.86. The maximum atomic E-state index is 9.23. The summed E-state index contributed by atoms with van der Waals surface area (Å²) >= 11 is 1.70. The molecule has 15 heavy (non-hydrogen) atoms. The molecule has 4 heteroatoms. The summed E-state index contributed by atoms with van der Waals surface area (Å²) in [6.07, 6.45) is 3.82. The molecule has 1 fully saturated rings. The van der Waals surface area contributed by atoms with E-state index in [1.165, 1.54) is 4.90 Å². The highest BCUT2D eigenvalue weighted by Crippen LogP contribution is 2.24. The molecule has 0 radical (unpaired) electrons. The molecule has 1 saturated heterocycles. The van der Waals surface area contributed by atoms with E-state index in [1.807, 2.05) is 12.5 Å². The SMILES string of the molecule is CSc1ccc(C(C)N2CC(O)C2)nc1. The fourth-order valence-electron chi connectivity index (χ4n) is 1.75. The molecule has 3 nitrogen and oxygen atoms in total. The molecule has 0 aromatic carbocycles. The van der Waals surface area contributed by atoms with Crippen LogP contribution in [-0.4, -0.2) is 40.4 Å². The van der Waals surface area contributed by atoms with Gasteiger partial charge in [-0.3, -0.25) is 9.88 Å². The Kier molecular flexibility index (Phi) is 3.29. The van der Waals surface area contributed by atoms with E-state index in [-0.39, 0.29) is 6.10 Å². The van der Waals surface area contributed by atoms with Crippen LogP contribution >= 0.6 is 11.8 Å². The van der Waals surface area contributed by atoms with Crippen LogP contribution in [0.25, 0.3) is 0 Å². The van der Waals surface area contributed by atoms with Crippen LogP contribution in [0.5, 0.6) is 0 Å². The van der Waals surface area contributed by atoms with E-state index < -0.39 is 0 Å². The number of hydrogen-bond acceptors (Lipinski definition) is 4. The van der Waals surface area contributed by atoms with E-state index in [1.54, 1.807) is 11.8 Å². The summed E-state index contributed by atoms with van der Waals surface area (Å²) in [4.78, 5) is 7.85. The Morgan fingerprint density at radius 1 is 1.53 bits per heavy atom. The summed E-state index contributed by atoms with van der Waals surface area (Å²) < 4.78 is 0. The minimum Gasteiger partial charge on any atom is -0.390 e. The van der Waals surface area contributed by atoms with Crippen molar-refractivity contribution in [2.45, 2.75) is 24.0 Å². The van der Waals surface area contributed by atoms with Gasteiger partial charge in [-0.15, -0.1) is 11.8 Å². The number of aliphatic hydroxyl groups is 1. The lowest BCUT2D eigenvalue weighted by atomic mass is 10.1. The molecule has 1 unspecified atom stereocenters. The van der Waals surface area contributed by atoms with E-state index in [9.17, 15) is 5.11 Å². The highest BCUT2D eigenvalue weighted by Gasteiger charge is 2.29. The first-order valence-electron chi connectivity index (χ1n) is 5.12. The van der Waals surface area contributed by atoms with Crippen molar-refractivity contribution in [1.29, 1.82) is 0 Å². The summed E-state index contributed by atoms with van der Waals surface area (Å²) in [6.45, 7) is 3.67. The second kappa shape index (κ2) is 4.51. The van der Waals surface area contributed by atoms with Crippen molar-refractivity contribution < 1.29 is 5.11 Å². The van der Waals surface area contributed by atoms with Gasteiger partial charge in [0, 0.05) is 30.2 Å². The van der Waals surface area contributed by atoms with Gasteiger partial charge in [0.25, 0.3) is 0 Å². The van der Waals surface area contributed by atoms with Crippen LogP contribution in [-0.2, 0) is 0 Å². The molecule has 0 spiro atoms. The topological polar surface area (TPSA) is 36.4 Å².